The molecular weight excluding hydrogens is 202 g/mol. The van der Waals surface area contributed by atoms with E-state index in [-0.39, 0.29) is 6.61 Å². The van der Waals surface area contributed by atoms with Crippen LogP contribution in [0.4, 0.5) is 0 Å². The second-order valence-corrected chi connectivity index (χ2v) is 5.15. The fourth-order valence-electron chi connectivity index (χ4n) is 2.75. The maximum atomic E-state index is 9.03. The van der Waals surface area contributed by atoms with E-state index in [4.69, 9.17) is 9.84 Å². The zero-order valence-corrected chi connectivity index (χ0v) is 10.8. The Balaban J connectivity index is 2.28. The minimum Gasteiger partial charge on any atom is -0.395 e. The number of rotatable bonds is 7. The first-order chi connectivity index (χ1) is 7.76. The molecule has 96 valence electrons. The highest BCUT2D eigenvalue weighted by atomic mass is 16.5. The molecule has 1 aliphatic carbocycles. The van der Waals surface area contributed by atoms with Crippen molar-refractivity contribution < 1.29 is 9.84 Å². The van der Waals surface area contributed by atoms with E-state index in [9.17, 15) is 0 Å². The Hall–Kier alpha value is -0.120. The SMILES string of the molecule is COCCN(CCO)CC1CCCC(C)C1. The van der Waals surface area contributed by atoms with Crippen LogP contribution in [0.25, 0.3) is 0 Å². The predicted octanol–water partition coefficient (Wildman–Crippen LogP) is 1.75. The molecule has 0 aromatic heterocycles. The van der Waals surface area contributed by atoms with Crippen LogP contribution >= 0.6 is 0 Å². The van der Waals surface area contributed by atoms with Gasteiger partial charge in [-0.15, -0.1) is 0 Å². The van der Waals surface area contributed by atoms with Crippen molar-refractivity contribution in [1.29, 1.82) is 0 Å². The second-order valence-electron chi connectivity index (χ2n) is 5.15. The molecule has 1 aliphatic rings. The van der Waals surface area contributed by atoms with E-state index in [1.807, 2.05) is 0 Å². The standard InChI is InChI=1S/C13H27NO2/c1-12-4-3-5-13(10-12)11-14(6-8-15)7-9-16-2/h12-13,15H,3-11H2,1-2H3. The zero-order chi connectivity index (χ0) is 11.8. The van der Waals surface area contributed by atoms with Gasteiger partial charge in [0.1, 0.15) is 0 Å². The van der Waals surface area contributed by atoms with E-state index < -0.39 is 0 Å². The van der Waals surface area contributed by atoms with E-state index in [1.54, 1.807) is 7.11 Å². The van der Waals surface area contributed by atoms with Crippen LogP contribution in [0.15, 0.2) is 0 Å². The first kappa shape index (κ1) is 13.9. The van der Waals surface area contributed by atoms with Gasteiger partial charge in [0.25, 0.3) is 0 Å². The summed E-state index contributed by atoms with van der Waals surface area (Å²) in [7, 11) is 1.74. The van der Waals surface area contributed by atoms with Crippen molar-refractivity contribution in [3.63, 3.8) is 0 Å². The van der Waals surface area contributed by atoms with Gasteiger partial charge in [0.2, 0.25) is 0 Å². The summed E-state index contributed by atoms with van der Waals surface area (Å²) < 4.78 is 5.11. The molecule has 1 N–H and O–H groups in total. The third kappa shape index (κ3) is 5.28. The number of methoxy groups -OCH3 is 1. The summed E-state index contributed by atoms with van der Waals surface area (Å²) in [5.74, 6) is 1.71. The molecule has 0 aliphatic heterocycles. The molecule has 0 saturated heterocycles. The molecule has 16 heavy (non-hydrogen) atoms. The van der Waals surface area contributed by atoms with Crippen LogP contribution in [0.1, 0.15) is 32.6 Å². The van der Waals surface area contributed by atoms with Crippen LogP contribution in [0, 0.1) is 11.8 Å². The van der Waals surface area contributed by atoms with Gasteiger partial charge in [-0.25, -0.2) is 0 Å². The summed E-state index contributed by atoms with van der Waals surface area (Å²) in [5, 5.41) is 9.03. The average molecular weight is 229 g/mol. The van der Waals surface area contributed by atoms with Gasteiger partial charge in [-0.3, -0.25) is 4.90 Å². The van der Waals surface area contributed by atoms with Crippen molar-refractivity contribution in [3.8, 4) is 0 Å². The van der Waals surface area contributed by atoms with Gasteiger partial charge in [-0.2, -0.15) is 0 Å². The second kappa shape index (κ2) is 8.04. The van der Waals surface area contributed by atoms with Crippen molar-refractivity contribution in [2.45, 2.75) is 32.6 Å². The summed E-state index contributed by atoms with van der Waals surface area (Å²) in [4.78, 5) is 2.34. The van der Waals surface area contributed by atoms with Gasteiger partial charge in [0.15, 0.2) is 0 Å². The monoisotopic (exact) mass is 229 g/mol. The molecule has 0 spiro atoms. The van der Waals surface area contributed by atoms with Gasteiger partial charge in [-0.1, -0.05) is 19.8 Å². The van der Waals surface area contributed by atoms with Crippen LogP contribution in [0.3, 0.4) is 0 Å². The summed E-state index contributed by atoms with van der Waals surface area (Å²) in [6, 6.07) is 0. The first-order valence-corrected chi connectivity index (χ1v) is 6.58. The number of hydrogen-bond acceptors (Lipinski definition) is 3. The van der Waals surface area contributed by atoms with Crippen LogP contribution in [-0.4, -0.2) is 50.0 Å². The summed E-state index contributed by atoms with van der Waals surface area (Å²) in [5.41, 5.74) is 0. The van der Waals surface area contributed by atoms with Gasteiger partial charge >= 0.3 is 0 Å². The van der Waals surface area contributed by atoms with Gasteiger partial charge in [0.05, 0.1) is 13.2 Å². The lowest BCUT2D eigenvalue weighted by molar-refractivity contribution is 0.107. The van der Waals surface area contributed by atoms with Crippen molar-refractivity contribution in [1.82, 2.24) is 4.90 Å². The highest BCUT2D eigenvalue weighted by Crippen LogP contribution is 2.28. The van der Waals surface area contributed by atoms with Gasteiger partial charge in [-0.05, 0) is 24.7 Å². The van der Waals surface area contributed by atoms with E-state index in [0.717, 1.165) is 38.1 Å². The molecule has 0 aromatic rings. The summed E-state index contributed by atoms with van der Waals surface area (Å²) in [6.07, 6.45) is 5.49. The van der Waals surface area contributed by atoms with E-state index in [0.29, 0.717) is 0 Å². The third-order valence-corrected chi connectivity index (χ3v) is 3.59. The molecule has 1 rings (SSSR count). The molecule has 0 aromatic carbocycles. The molecule has 0 bridgehead atoms. The fraction of sp³-hybridized carbons (Fsp3) is 1.00. The van der Waals surface area contributed by atoms with Crippen LogP contribution < -0.4 is 0 Å². The first-order valence-electron chi connectivity index (χ1n) is 6.58. The van der Waals surface area contributed by atoms with E-state index in [2.05, 4.69) is 11.8 Å². The van der Waals surface area contributed by atoms with Crippen LogP contribution in [-0.2, 0) is 4.74 Å². The number of aliphatic hydroxyl groups excluding tert-OH is 1. The Bertz CT molecular complexity index is 175. The molecule has 2 atom stereocenters. The van der Waals surface area contributed by atoms with E-state index >= 15 is 0 Å². The Morgan fingerprint density at radius 3 is 2.75 bits per heavy atom. The Labute approximate surface area is 99.8 Å². The zero-order valence-electron chi connectivity index (χ0n) is 10.8. The van der Waals surface area contributed by atoms with E-state index in [1.165, 1.54) is 25.7 Å². The lowest BCUT2D eigenvalue weighted by Crippen LogP contribution is -2.36. The van der Waals surface area contributed by atoms with Crippen LogP contribution in [0.2, 0.25) is 0 Å². The number of hydrogen-bond donors (Lipinski definition) is 1. The van der Waals surface area contributed by atoms with Gasteiger partial charge < -0.3 is 9.84 Å². The maximum absolute atomic E-state index is 9.03. The average Bonchev–Trinajstić information content (AvgIpc) is 2.26. The quantitative estimate of drug-likeness (QED) is 0.722. The van der Waals surface area contributed by atoms with Crippen LogP contribution in [0.5, 0.6) is 0 Å². The Morgan fingerprint density at radius 1 is 1.31 bits per heavy atom. The fourth-order valence-corrected chi connectivity index (χ4v) is 2.75. The lowest BCUT2D eigenvalue weighted by Gasteiger charge is -2.31. The highest BCUT2D eigenvalue weighted by molar-refractivity contribution is 4.73. The molecule has 0 radical (unpaired) electrons. The Kier molecular flexibility index (Phi) is 7.01. The minimum atomic E-state index is 0.256. The third-order valence-electron chi connectivity index (χ3n) is 3.59. The van der Waals surface area contributed by atoms with Gasteiger partial charge in [0, 0.05) is 26.7 Å². The largest absolute Gasteiger partial charge is 0.395 e. The molecule has 3 nitrogen and oxygen atoms in total. The molecule has 1 saturated carbocycles. The maximum Gasteiger partial charge on any atom is 0.0589 e. The number of aliphatic hydroxyl groups is 1. The lowest BCUT2D eigenvalue weighted by atomic mass is 9.82. The Morgan fingerprint density at radius 2 is 2.12 bits per heavy atom. The predicted molar refractivity (Wildman–Crippen MR) is 66.5 cm³/mol. The molecule has 2 unspecified atom stereocenters. The topological polar surface area (TPSA) is 32.7 Å². The van der Waals surface area contributed by atoms with Crippen molar-refractivity contribution in [2.75, 3.05) is 40.0 Å². The number of nitrogens with zero attached hydrogens (tertiary/aromatic N) is 1. The number of ether oxygens (including phenoxy) is 1. The van der Waals surface area contributed by atoms with Crippen molar-refractivity contribution in [2.24, 2.45) is 11.8 Å². The molecular formula is C13H27NO2. The smallest absolute Gasteiger partial charge is 0.0589 e. The molecule has 0 heterocycles. The summed E-state index contributed by atoms with van der Waals surface area (Å²) >= 11 is 0. The molecule has 3 heteroatoms. The minimum absolute atomic E-state index is 0.256. The molecule has 0 amide bonds. The molecule has 1 fully saturated rings. The normalized spacial score (nSPS) is 26.2. The van der Waals surface area contributed by atoms with Crippen molar-refractivity contribution >= 4 is 0 Å². The summed E-state index contributed by atoms with van der Waals surface area (Å²) in [6.45, 7) is 6.25. The van der Waals surface area contributed by atoms with Crippen molar-refractivity contribution in [3.05, 3.63) is 0 Å². The highest BCUT2D eigenvalue weighted by Gasteiger charge is 2.20.